The number of benzene rings is 3. The van der Waals surface area contributed by atoms with Crippen LogP contribution in [0, 0.1) is 0 Å². The number of hydrogen-bond acceptors (Lipinski definition) is 3. The number of nitrogens with one attached hydrogen (secondary N) is 2. The van der Waals surface area contributed by atoms with Gasteiger partial charge in [-0.05, 0) is 67.4 Å². The molecule has 1 saturated heterocycles. The molecular weight excluding hydrogens is 401 g/mol. The van der Waals surface area contributed by atoms with Crippen LogP contribution >= 0.6 is 0 Å². The zero-order chi connectivity index (χ0) is 21.7. The van der Waals surface area contributed by atoms with E-state index in [1.54, 1.807) is 12.1 Å². The van der Waals surface area contributed by atoms with Crippen LogP contribution in [-0.2, 0) is 12.7 Å². The van der Waals surface area contributed by atoms with Crippen molar-refractivity contribution >= 4 is 5.69 Å². The predicted octanol–water partition coefficient (Wildman–Crippen LogP) is 6.92. The standard InChI is InChI=1S/C25H25F3N2O/c26-25(27,28)20-12-13-24(31-22-9-2-1-3-10-22)19(15-20)17-30-21-8-6-7-18(16-21)23-11-4-5-14-29-23/h1-3,6-10,12-13,15-16,23,29-30H,4-5,11,14,17H2/t23-/m0/s1. The van der Waals surface area contributed by atoms with Gasteiger partial charge in [0.2, 0.25) is 0 Å². The van der Waals surface area contributed by atoms with Gasteiger partial charge in [-0.3, -0.25) is 0 Å². The fourth-order valence-electron chi connectivity index (χ4n) is 3.81. The third kappa shape index (κ3) is 5.58. The minimum atomic E-state index is -4.41. The molecule has 4 rings (SSSR count). The number of rotatable bonds is 6. The number of anilines is 1. The topological polar surface area (TPSA) is 33.3 Å². The van der Waals surface area contributed by atoms with Gasteiger partial charge >= 0.3 is 6.18 Å². The summed E-state index contributed by atoms with van der Waals surface area (Å²) in [6, 6.07) is 21.0. The molecule has 0 saturated carbocycles. The van der Waals surface area contributed by atoms with E-state index in [0.717, 1.165) is 30.8 Å². The summed E-state index contributed by atoms with van der Waals surface area (Å²) >= 11 is 0. The summed E-state index contributed by atoms with van der Waals surface area (Å²) in [4.78, 5) is 0. The highest BCUT2D eigenvalue weighted by molar-refractivity contribution is 5.49. The van der Waals surface area contributed by atoms with E-state index in [1.807, 2.05) is 30.3 Å². The van der Waals surface area contributed by atoms with Crippen LogP contribution in [0.3, 0.4) is 0 Å². The van der Waals surface area contributed by atoms with E-state index >= 15 is 0 Å². The molecule has 162 valence electrons. The minimum absolute atomic E-state index is 0.216. The molecule has 1 atom stereocenters. The summed E-state index contributed by atoms with van der Waals surface area (Å²) in [5.41, 5.74) is 1.81. The van der Waals surface area contributed by atoms with Gasteiger partial charge in [0.05, 0.1) is 5.56 Å². The third-order valence-electron chi connectivity index (χ3n) is 5.44. The van der Waals surface area contributed by atoms with Crippen molar-refractivity contribution in [1.29, 1.82) is 0 Å². The molecule has 1 aliphatic heterocycles. The predicted molar refractivity (Wildman–Crippen MR) is 116 cm³/mol. The van der Waals surface area contributed by atoms with Crippen LogP contribution in [0.15, 0.2) is 72.8 Å². The Morgan fingerprint density at radius 1 is 0.935 bits per heavy atom. The summed E-state index contributed by atoms with van der Waals surface area (Å²) < 4.78 is 45.7. The van der Waals surface area contributed by atoms with Gasteiger partial charge in [-0.15, -0.1) is 0 Å². The Balaban J connectivity index is 1.55. The molecule has 1 fully saturated rings. The lowest BCUT2D eigenvalue weighted by atomic mass is 9.97. The lowest BCUT2D eigenvalue weighted by molar-refractivity contribution is -0.137. The molecule has 2 N–H and O–H groups in total. The maximum Gasteiger partial charge on any atom is 0.416 e. The average molecular weight is 426 g/mol. The second kappa shape index (κ2) is 9.43. The Morgan fingerprint density at radius 3 is 2.52 bits per heavy atom. The van der Waals surface area contributed by atoms with Crippen molar-refractivity contribution in [3.05, 3.63) is 89.5 Å². The van der Waals surface area contributed by atoms with Gasteiger partial charge in [-0.25, -0.2) is 0 Å². The van der Waals surface area contributed by atoms with Crippen molar-refractivity contribution in [2.45, 2.75) is 38.0 Å². The Morgan fingerprint density at radius 2 is 1.77 bits per heavy atom. The van der Waals surface area contributed by atoms with Gasteiger partial charge in [0.1, 0.15) is 11.5 Å². The van der Waals surface area contributed by atoms with Crippen LogP contribution < -0.4 is 15.4 Å². The number of piperidine rings is 1. The van der Waals surface area contributed by atoms with Gasteiger partial charge in [0, 0.05) is 23.8 Å². The van der Waals surface area contributed by atoms with Gasteiger partial charge < -0.3 is 15.4 Å². The fourth-order valence-corrected chi connectivity index (χ4v) is 3.81. The summed E-state index contributed by atoms with van der Waals surface area (Å²) in [6.07, 6.45) is -0.938. The molecule has 1 aliphatic rings. The van der Waals surface area contributed by atoms with E-state index in [0.29, 0.717) is 23.1 Å². The molecule has 6 heteroatoms. The first-order chi connectivity index (χ1) is 15.0. The highest BCUT2D eigenvalue weighted by Crippen LogP contribution is 2.34. The van der Waals surface area contributed by atoms with Crippen LogP contribution in [0.1, 0.15) is 42.0 Å². The Bertz CT molecular complexity index is 999. The SMILES string of the molecule is FC(F)(F)c1ccc(Oc2ccccc2)c(CNc2cccc([C@@H]3CCCCN3)c2)c1. The highest BCUT2D eigenvalue weighted by atomic mass is 19.4. The van der Waals surface area contributed by atoms with Crippen LogP contribution in [0.4, 0.5) is 18.9 Å². The number of ether oxygens (including phenoxy) is 1. The van der Waals surface area contributed by atoms with Gasteiger partial charge in [-0.1, -0.05) is 36.8 Å². The molecule has 31 heavy (non-hydrogen) atoms. The van der Waals surface area contributed by atoms with E-state index in [9.17, 15) is 13.2 Å². The molecule has 0 aromatic heterocycles. The Labute approximate surface area is 180 Å². The number of para-hydroxylation sites is 1. The van der Waals surface area contributed by atoms with Crippen LogP contribution in [0.25, 0.3) is 0 Å². The maximum atomic E-state index is 13.3. The molecule has 1 heterocycles. The van der Waals surface area contributed by atoms with Crippen molar-refractivity contribution in [2.75, 3.05) is 11.9 Å². The van der Waals surface area contributed by atoms with Crippen LogP contribution in [0.5, 0.6) is 11.5 Å². The van der Waals surface area contributed by atoms with Crippen molar-refractivity contribution in [2.24, 2.45) is 0 Å². The van der Waals surface area contributed by atoms with Gasteiger partial charge in [0.25, 0.3) is 0 Å². The molecule has 0 spiro atoms. The Hall–Kier alpha value is -2.99. The fraction of sp³-hybridized carbons (Fsp3) is 0.280. The van der Waals surface area contributed by atoms with Crippen LogP contribution in [-0.4, -0.2) is 6.54 Å². The Kier molecular flexibility index (Phi) is 6.47. The smallest absolute Gasteiger partial charge is 0.416 e. The first-order valence-corrected chi connectivity index (χ1v) is 10.5. The van der Waals surface area contributed by atoms with Gasteiger partial charge in [0.15, 0.2) is 0 Å². The summed E-state index contributed by atoms with van der Waals surface area (Å²) in [6.45, 7) is 1.22. The van der Waals surface area contributed by atoms with E-state index in [2.05, 4.69) is 22.8 Å². The van der Waals surface area contributed by atoms with E-state index in [-0.39, 0.29) is 6.54 Å². The molecule has 0 aliphatic carbocycles. The summed E-state index contributed by atoms with van der Waals surface area (Å²) in [5.74, 6) is 0.977. The molecule has 0 unspecified atom stereocenters. The number of halogens is 3. The molecule has 0 bridgehead atoms. The van der Waals surface area contributed by atoms with Crippen molar-refractivity contribution in [1.82, 2.24) is 5.32 Å². The minimum Gasteiger partial charge on any atom is -0.457 e. The second-order valence-electron chi connectivity index (χ2n) is 7.72. The van der Waals surface area contributed by atoms with Gasteiger partial charge in [-0.2, -0.15) is 13.2 Å². The number of hydrogen-bond donors (Lipinski definition) is 2. The third-order valence-corrected chi connectivity index (χ3v) is 5.44. The average Bonchev–Trinajstić information content (AvgIpc) is 2.79. The molecule has 3 aromatic carbocycles. The second-order valence-corrected chi connectivity index (χ2v) is 7.72. The number of alkyl halides is 3. The first-order valence-electron chi connectivity index (χ1n) is 10.5. The van der Waals surface area contributed by atoms with E-state index in [4.69, 9.17) is 4.74 Å². The zero-order valence-electron chi connectivity index (χ0n) is 17.1. The van der Waals surface area contributed by atoms with E-state index < -0.39 is 11.7 Å². The molecule has 0 radical (unpaired) electrons. The zero-order valence-corrected chi connectivity index (χ0v) is 17.1. The van der Waals surface area contributed by atoms with Crippen molar-refractivity contribution in [3.63, 3.8) is 0 Å². The lowest BCUT2D eigenvalue weighted by Crippen LogP contribution is -2.26. The van der Waals surface area contributed by atoms with Crippen molar-refractivity contribution < 1.29 is 17.9 Å². The maximum absolute atomic E-state index is 13.3. The monoisotopic (exact) mass is 426 g/mol. The molecule has 3 aromatic rings. The molecular formula is C25H25F3N2O. The summed E-state index contributed by atoms with van der Waals surface area (Å²) in [5, 5.41) is 6.79. The van der Waals surface area contributed by atoms with E-state index in [1.165, 1.54) is 24.5 Å². The lowest BCUT2D eigenvalue weighted by Gasteiger charge is -2.24. The summed E-state index contributed by atoms with van der Waals surface area (Å²) in [7, 11) is 0. The van der Waals surface area contributed by atoms with Crippen molar-refractivity contribution in [3.8, 4) is 11.5 Å². The molecule has 0 amide bonds. The largest absolute Gasteiger partial charge is 0.457 e. The normalized spacial score (nSPS) is 16.7. The first kappa shape index (κ1) is 21.2. The quantitative estimate of drug-likeness (QED) is 0.449. The molecule has 3 nitrogen and oxygen atoms in total. The van der Waals surface area contributed by atoms with Crippen LogP contribution in [0.2, 0.25) is 0 Å². The highest BCUT2D eigenvalue weighted by Gasteiger charge is 2.31.